The molecule has 0 aliphatic carbocycles. The number of fused-ring (bicyclic) bond motifs is 1. The number of rotatable bonds is 2. The highest BCUT2D eigenvalue weighted by atomic mass is 79.9. The van der Waals surface area contributed by atoms with E-state index in [4.69, 9.17) is 9.15 Å². The van der Waals surface area contributed by atoms with E-state index in [9.17, 15) is 9.59 Å². The number of ketones is 1. The number of carbonyl (C=O) groups excluding carboxylic acids is 2. The van der Waals surface area contributed by atoms with Crippen molar-refractivity contribution in [3.8, 4) is 0 Å². The van der Waals surface area contributed by atoms with Crippen LogP contribution in [0.1, 0.15) is 36.2 Å². The Kier molecular flexibility index (Phi) is 3.19. The number of halogens is 1. The van der Waals surface area contributed by atoms with Crippen LogP contribution in [0.15, 0.2) is 21.2 Å². The van der Waals surface area contributed by atoms with Crippen LogP contribution in [0.25, 0.3) is 0 Å². The fraction of sp³-hybridized carbons (Fsp3) is 0.600. The zero-order valence-corrected chi connectivity index (χ0v) is 13.0. The molecule has 4 saturated heterocycles. The standard InChI is InChI=1S/C15H16BrNO4/c16-9-3-14(20-7-9)15(19)21-12-4-10-1-8-2-11(5-12)17(10)6-13(8)18/h3,7-8,10-12H,1-2,4-6H2. The van der Waals surface area contributed by atoms with Gasteiger partial charge >= 0.3 is 5.97 Å². The van der Waals surface area contributed by atoms with Gasteiger partial charge in [-0.15, -0.1) is 0 Å². The number of nitrogens with zero attached hydrogens (tertiary/aromatic N) is 1. The van der Waals surface area contributed by atoms with Gasteiger partial charge in [0.05, 0.1) is 11.0 Å². The molecule has 6 heteroatoms. The predicted molar refractivity (Wildman–Crippen MR) is 76.9 cm³/mol. The molecule has 0 amide bonds. The highest BCUT2D eigenvalue weighted by Gasteiger charge is 2.49. The summed E-state index contributed by atoms with van der Waals surface area (Å²) in [4.78, 5) is 26.2. The van der Waals surface area contributed by atoms with Crippen LogP contribution in [0, 0.1) is 5.92 Å². The molecule has 4 aliphatic rings. The van der Waals surface area contributed by atoms with Crippen LogP contribution in [0.3, 0.4) is 0 Å². The van der Waals surface area contributed by atoms with E-state index in [1.54, 1.807) is 6.07 Å². The Morgan fingerprint density at radius 3 is 2.57 bits per heavy atom. The van der Waals surface area contributed by atoms with Crippen molar-refractivity contribution in [2.75, 3.05) is 6.54 Å². The maximum atomic E-state index is 12.1. The number of Topliss-reactive ketones (excluding diaryl/α,β-unsaturated/α-hetero) is 1. The Balaban J connectivity index is 1.43. The maximum Gasteiger partial charge on any atom is 0.374 e. The van der Waals surface area contributed by atoms with Crippen LogP contribution in [0.5, 0.6) is 0 Å². The Morgan fingerprint density at radius 1 is 1.29 bits per heavy atom. The fourth-order valence-corrected chi connectivity index (χ4v) is 4.35. The van der Waals surface area contributed by atoms with Gasteiger partial charge in [-0.1, -0.05) is 0 Å². The van der Waals surface area contributed by atoms with Crippen molar-refractivity contribution >= 4 is 27.7 Å². The van der Waals surface area contributed by atoms with Crippen molar-refractivity contribution < 1.29 is 18.7 Å². The smallest absolute Gasteiger partial charge is 0.374 e. The molecular weight excluding hydrogens is 338 g/mol. The number of ether oxygens (including phenoxy) is 1. The van der Waals surface area contributed by atoms with Gasteiger partial charge in [-0.25, -0.2) is 4.79 Å². The van der Waals surface area contributed by atoms with Crippen molar-refractivity contribution in [3.63, 3.8) is 0 Å². The summed E-state index contributed by atoms with van der Waals surface area (Å²) in [7, 11) is 0. The lowest BCUT2D eigenvalue weighted by Gasteiger charge is -2.54. The first-order chi connectivity index (χ1) is 10.1. The van der Waals surface area contributed by atoms with E-state index in [1.807, 2.05) is 0 Å². The highest BCUT2D eigenvalue weighted by Crippen LogP contribution is 2.42. The first kappa shape index (κ1) is 13.5. The summed E-state index contributed by atoms with van der Waals surface area (Å²) in [5.41, 5.74) is 0. The SMILES string of the molecule is O=C(OC1CC2CC3CC(C1)N2CC3=O)c1cc(Br)co1. The Labute approximate surface area is 130 Å². The molecule has 0 aromatic carbocycles. The molecule has 4 aliphatic heterocycles. The molecule has 5 heterocycles. The molecule has 2 atom stereocenters. The van der Waals surface area contributed by atoms with Gasteiger partial charge in [-0.3, -0.25) is 9.69 Å². The lowest BCUT2D eigenvalue weighted by Crippen LogP contribution is -2.63. The zero-order valence-electron chi connectivity index (χ0n) is 11.5. The summed E-state index contributed by atoms with van der Waals surface area (Å²) in [6, 6.07) is 2.40. The summed E-state index contributed by atoms with van der Waals surface area (Å²) in [5, 5.41) is 0. The van der Waals surface area contributed by atoms with Gasteiger partial charge in [0.2, 0.25) is 5.76 Å². The minimum Gasteiger partial charge on any atom is -0.456 e. The second kappa shape index (κ2) is 4.95. The average Bonchev–Trinajstić information content (AvgIpc) is 2.85. The molecule has 0 radical (unpaired) electrons. The molecule has 21 heavy (non-hydrogen) atoms. The third-order valence-corrected chi connectivity index (χ3v) is 5.37. The molecule has 5 rings (SSSR count). The van der Waals surface area contributed by atoms with Crippen LogP contribution >= 0.6 is 15.9 Å². The number of hydrogen-bond donors (Lipinski definition) is 0. The molecule has 0 saturated carbocycles. The van der Waals surface area contributed by atoms with Crippen molar-refractivity contribution in [1.29, 1.82) is 0 Å². The first-order valence-electron chi connectivity index (χ1n) is 7.33. The lowest BCUT2D eigenvalue weighted by molar-refractivity contribution is -0.145. The molecule has 112 valence electrons. The Bertz CT molecular complexity index is 582. The molecule has 4 fully saturated rings. The number of carbonyl (C=O) groups is 2. The normalized spacial score (nSPS) is 37.6. The van der Waals surface area contributed by atoms with Gasteiger partial charge in [0, 0.05) is 36.9 Å². The summed E-state index contributed by atoms with van der Waals surface area (Å²) >= 11 is 3.25. The minimum absolute atomic E-state index is 0.0678. The number of furan rings is 1. The summed E-state index contributed by atoms with van der Waals surface area (Å²) in [5.74, 6) is 0.456. The average molecular weight is 354 g/mol. The van der Waals surface area contributed by atoms with Crippen molar-refractivity contribution in [2.45, 2.75) is 43.9 Å². The molecule has 2 unspecified atom stereocenters. The van der Waals surface area contributed by atoms with E-state index in [0.29, 0.717) is 24.4 Å². The van der Waals surface area contributed by atoms with E-state index in [2.05, 4.69) is 20.8 Å². The topological polar surface area (TPSA) is 59.8 Å². The second-order valence-corrected chi connectivity index (χ2v) is 7.16. The summed E-state index contributed by atoms with van der Waals surface area (Å²) < 4.78 is 11.5. The molecule has 1 aromatic rings. The number of esters is 1. The van der Waals surface area contributed by atoms with Crippen molar-refractivity contribution in [3.05, 3.63) is 22.6 Å². The largest absolute Gasteiger partial charge is 0.456 e. The summed E-state index contributed by atoms with van der Waals surface area (Å²) in [6.45, 7) is 0.589. The van der Waals surface area contributed by atoms with E-state index < -0.39 is 5.97 Å². The first-order valence-corrected chi connectivity index (χ1v) is 8.13. The quantitative estimate of drug-likeness (QED) is 0.764. The molecule has 0 spiro atoms. The molecule has 1 aromatic heterocycles. The second-order valence-electron chi connectivity index (χ2n) is 6.24. The van der Waals surface area contributed by atoms with Gasteiger partial charge in [-0.2, -0.15) is 0 Å². The van der Waals surface area contributed by atoms with Crippen molar-refractivity contribution in [1.82, 2.24) is 4.90 Å². The van der Waals surface area contributed by atoms with Crippen LogP contribution in [0.4, 0.5) is 0 Å². The van der Waals surface area contributed by atoms with Crippen LogP contribution in [-0.4, -0.2) is 41.4 Å². The molecular formula is C15H16BrNO4. The monoisotopic (exact) mass is 353 g/mol. The van der Waals surface area contributed by atoms with Gasteiger partial charge in [0.1, 0.15) is 18.2 Å². The van der Waals surface area contributed by atoms with Crippen molar-refractivity contribution in [2.24, 2.45) is 5.92 Å². The Hall–Kier alpha value is -1.14. The maximum absolute atomic E-state index is 12.1. The lowest BCUT2D eigenvalue weighted by atomic mass is 9.72. The van der Waals surface area contributed by atoms with Gasteiger partial charge < -0.3 is 9.15 Å². The van der Waals surface area contributed by atoms with Gasteiger partial charge in [0.25, 0.3) is 0 Å². The fourth-order valence-electron chi connectivity index (χ4n) is 4.04. The third-order valence-electron chi connectivity index (χ3n) is 4.96. The third kappa shape index (κ3) is 2.34. The zero-order chi connectivity index (χ0) is 14.6. The molecule has 4 bridgehead atoms. The minimum atomic E-state index is -0.401. The van der Waals surface area contributed by atoms with Crippen LogP contribution in [-0.2, 0) is 9.53 Å². The Morgan fingerprint density at radius 2 is 2.00 bits per heavy atom. The number of hydrogen-bond acceptors (Lipinski definition) is 5. The van der Waals surface area contributed by atoms with E-state index >= 15 is 0 Å². The van der Waals surface area contributed by atoms with Crippen LogP contribution < -0.4 is 0 Å². The highest BCUT2D eigenvalue weighted by molar-refractivity contribution is 9.10. The molecule has 0 N–H and O–H groups in total. The van der Waals surface area contributed by atoms with E-state index in [-0.39, 0.29) is 17.8 Å². The van der Waals surface area contributed by atoms with Crippen LogP contribution in [0.2, 0.25) is 0 Å². The number of piperidine rings is 4. The van der Waals surface area contributed by atoms with E-state index in [0.717, 1.165) is 30.2 Å². The molecule has 5 nitrogen and oxygen atoms in total. The van der Waals surface area contributed by atoms with E-state index in [1.165, 1.54) is 6.26 Å². The van der Waals surface area contributed by atoms with Gasteiger partial charge in [0.15, 0.2) is 0 Å². The summed E-state index contributed by atoms with van der Waals surface area (Å²) in [6.07, 6.45) is 4.91. The predicted octanol–water partition coefficient (Wildman–Crippen LogP) is 2.39. The van der Waals surface area contributed by atoms with Gasteiger partial charge in [-0.05, 0) is 28.8 Å².